The molecule has 0 heterocycles. The first-order chi connectivity index (χ1) is 11.6. The van der Waals surface area contributed by atoms with E-state index >= 15 is 0 Å². The van der Waals surface area contributed by atoms with Crippen LogP contribution in [-0.2, 0) is 9.53 Å². The second kappa shape index (κ2) is 20.0. The molecule has 4 nitrogen and oxygen atoms in total. The van der Waals surface area contributed by atoms with Gasteiger partial charge in [0.15, 0.2) is 6.10 Å². The largest absolute Gasteiger partial charge is 0.479 e. The van der Waals surface area contributed by atoms with E-state index in [0.717, 1.165) is 19.4 Å². The van der Waals surface area contributed by atoms with Crippen molar-refractivity contribution < 1.29 is 14.6 Å². The summed E-state index contributed by atoms with van der Waals surface area (Å²) in [6.07, 6.45) is 15.6. The van der Waals surface area contributed by atoms with Crippen LogP contribution in [0.5, 0.6) is 0 Å². The predicted molar refractivity (Wildman–Crippen MR) is 109 cm³/mol. The maximum absolute atomic E-state index is 11.2. The average Bonchev–Trinajstić information content (AvgIpc) is 2.53. The van der Waals surface area contributed by atoms with E-state index in [0.29, 0.717) is 13.0 Å². The van der Waals surface area contributed by atoms with Crippen LogP contribution in [-0.4, -0.2) is 49.3 Å². The summed E-state index contributed by atoms with van der Waals surface area (Å²) in [7, 11) is 3.93. The van der Waals surface area contributed by atoms with Crippen molar-refractivity contribution >= 4 is 18.4 Å². The summed E-state index contributed by atoms with van der Waals surface area (Å²) in [6, 6.07) is 0. The van der Waals surface area contributed by atoms with E-state index in [4.69, 9.17) is 4.74 Å². The molecular weight excluding hydrogens is 338 g/mol. The van der Waals surface area contributed by atoms with Crippen molar-refractivity contribution in [1.82, 2.24) is 4.90 Å². The Kier molecular flexibility index (Phi) is 21.5. The molecule has 152 valence electrons. The smallest absolute Gasteiger partial charge is 0.332 e. The summed E-state index contributed by atoms with van der Waals surface area (Å²) in [6.45, 7) is 3.51. The summed E-state index contributed by atoms with van der Waals surface area (Å²) in [4.78, 5) is 13.2. The zero-order chi connectivity index (χ0) is 18.0. The van der Waals surface area contributed by atoms with Crippen LogP contribution in [0.15, 0.2) is 0 Å². The molecule has 0 aliphatic carbocycles. The topological polar surface area (TPSA) is 49.8 Å². The van der Waals surface area contributed by atoms with Crippen molar-refractivity contribution in [3.05, 3.63) is 0 Å². The van der Waals surface area contributed by atoms with Gasteiger partial charge in [-0.05, 0) is 20.5 Å². The second-order valence-electron chi connectivity index (χ2n) is 7.18. The molecule has 0 bridgehead atoms. The summed E-state index contributed by atoms with van der Waals surface area (Å²) < 4.78 is 5.47. The Labute approximate surface area is 162 Å². The zero-order valence-electron chi connectivity index (χ0n) is 16.8. The second-order valence-corrected chi connectivity index (χ2v) is 7.18. The fourth-order valence-electron chi connectivity index (χ4n) is 2.83. The van der Waals surface area contributed by atoms with E-state index in [2.05, 4.69) is 6.92 Å². The first-order valence-corrected chi connectivity index (χ1v) is 10.1. The van der Waals surface area contributed by atoms with E-state index in [1.54, 1.807) is 0 Å². The maximum atomic E-state index is 11.2. The minimum Gasteiger partial charge on any atom is -0.479 e. The molecule has 25 heavy (non-hydrogen) atoms. The number of hydrogen-bond acceptors (Lipinski definition) is 3. The molecule has 0 rings (SSSR count). The van der Waals surface area contributed by atoms with Gasteiger partial charge in [-0.25, -0.2) is 4.79 Å². The summed E-state index contributed by atoms with van der Waals surface area (Å²) in [5, 5.41) is 9.18. The molecule has 1 unspecified atom stereocenters. The molecule has 0 aromatic heterocycles. The van der Waals surface area contributed by atoms with E-state index in [9.17, 15) is 9.90 Å². The highest BCUT2D eigenvalue weighted by Crippen LogP contribution is 2.13. The number of halogens is 1. The first kappa shape index (κ1) is 26.9. The molecule has 0 spiro atoms. The van der Waals surface area contributed by atoms with Crippen molar-refractivity contribution in [2.24, 2.45) is 0 Å². The van der Waals surface area contributed by atoms with Crippen LogP contribution >= 0.6 is 12.4 Å². The molecule has 0 aromatic rings. The van der Waals surface area contributed by atoms with Crippen molar-refractivity contribution in [1.29, 1.82) is 0 Å². The van der Waals surface area contributed by atoms with Gasteiger partial charge in [-0.2, -0.15) is 0 Å². The van der Waals surface area contributed by atoms with E-state index in [-0.39, 0.29) is 12.4 Å². The lowest BCUT2D eigenvalue weighted by Crippen LogP contribution is -2.28. The Hall–Kier alpha value is -0.320. The van der Waals surface area contributed by atoms with Gasteiger partial charge < -0.3 is 14.7 Å². The summed E-state index contributed by atoms with van der Waals surface area (Å²) in [5.41, 5.74) is 0. The number of carbonyl (C=O) groups is 1. The van der Waals surface area contributed by atoms with Gasteiger partial charge >= 0.3 is 5.97 Å². The fourth-order valence-corrected chi connectivity index (χ4v) is 2.83. The molecule has 0 aromatic carbocycles. The van der Waals surface area contributed by atoms with Crippen LogP contribution in [0, 0.1) is 0 Å². The normalized spacial score (nSPS) is 12.2. The highest BCUT2D eigenvalue weighted by molar-refractivity contribution is 5.85. The monoisotopic (exact) mass is 379 g/mol. The van der Waals surface area contributed by atoms with Crippen LogP contribution < -0.4 is 0 Å². The van der Waals surface area contributed by atoms with Gasteiger partial charge in [0.2, 0.25) is 0 Å². The standard InChI is InChI=1S/C20H41NO3.ClH/c1-4-5-6-7-8-9-10-11-12-13-14-15-16-19(20(22)23)24-18-17-21(2)3;/h19H,4-18H2,1-3H3,(H,22,23);1H. The van der Waals surface area contributed by atoms with E-state index < -0.39 is 12.1 Å². The molecule has 0 fully saturated rings. The zero-order valence-corrected chi connectivity index (χ0v) is 17.6. The summed E-state index contributed by atoms with van der Waals surface area (Å²) in [5.74, 6) is -0.822. The number of nitrogens with zero attached hydrogens (tertiary/aromatic N) is 1. The Morgan fingerprint density at radius 1 is 0.880 bits per heavy atom. The lowest BCUT2D eigenvalue weighted by atomic mass is 10.0. The molecule has 0 amide bonds. The molecule has 5 heteroatoms. The molecule has 0 aliphatic heterocycles. The lowest BCUT2D eigenvalue weighted by molar-refractivity contribution is -0.151. The Morgan fingerprint density at radius 3 is 1.72 bits per heavy atom. The van der Waals surface area contributed by atoms with Crippen LogP contribution in [0.4, 0.5) is 0 Å². The third-order valence-electron chi connectivity index (χ3n) is 4.45. The quantitative estimate of drug-likeness (QED) is 0.318. The highest BCUT2D eigenvalue weighted by Gasteiger charge is 2.17. The van der Waals surface area contributed by atoms with Gasteiger partial charge in [-0.3, -0.25) is 0 Å². The van der Waals surface area contributed by atoms with E-state index in [1.807, 2.05) is 19.0 Å². The molecule has 0 aliphatic rings. The number of ether oxygens (including phenoxy) is 1. The van der Waals surface area contributed by atoms with Crippen molar-refractivity contribution in [2.45, 2.75) is 96.5 Å². The van der Waals surface area contributed by atoms with Crippen LogP contribution in [0.2, 0.25) is 0 Å². The average molecular weight is 380 g/mol. The van der Waals surface area contributed by atoms with E-state index in [1.165, 1.54) is 64.2 Å². The predicted octanol–water partition coefficient (Wildman–Crippen LogP) is 5.53. The molecule has 1 atom stereocenters. The molecular formula is C20H42ClNO3. The number of aliphatic carboxylic acids is 1. The minimum atomic E-state index is -0.822. The summed E-state index contributed by atoms with van der Waals surface area (Å²) >= 11 is 0. The Balaban J connectivity index is 0. The first-order valence-electron chi connectivity index (χ1n) is 10.1. The molecule has 1 N–H and O–H groups in total. The SMILES string of the molecule is CCCCCCCCCCCCCCC(OCCN(C)C)C(=O)O.Cl. The third-order valence-corrected chi connectivity index (χ3v) is 4.45. The van der Waals surface area contributed by atoms with Crippen molar-refractivity contribution in [2.75, 3.05) is 27.2 Å². The number of unbranched alkanes of at least 4 members (excludes halogenated alkanes) is 11. The number of hydrogen-bond donors (Lipinski definition) is 1. The number of carboxylic acid groups (broad SMARTS) is 1. The number of rotatable bonds is 18. The van der Waals surface area contributed by atoms with Gasteiger partial charge in [-0.1, -0.05) is 84.0 Å². The molecule has 0 radical (unpaired) electrons. The van der Waals surface area contributed by atoms with Gasteiger partial charge in [0.1, 0.15) is 0 Å². The minimum absolute atomic E-state index is 0. The Bertz CT molecular complexity index is 288. The molecule has 0 saturated heterocycles. The number of carboxylic acids is 1. The fraction of sp³-hybridized carbons (Fsp3) is 0.950. The maximum Gasteiger partial charge on any atom is 0.332 e. The number of likely N-dealkylation sites (N-methyl/N-ethyl adjacent to an activating group) is 1. The van der Waals surface area contributed by atoms with Gasteiger partial charge in [0.25, 0.3) is 0 Å². The van der Waals surface area contributed by atoms with Gasteiger partial charge in [0.05, 0.1) is 6.61 Å². The van der Waals surface area contributed by atoms with Crippen molar-refractivity contribution in [3.63, 3.8) is 0 Å². The van der Waals surface area contributed by atoms with Gasteiger partial charge in [0, 0.05) is 6.54 Å². The lowest BCUT2D eigenvalue weighted by Gasteiger charge is -2.15. The van der Waals surface area contributed by atoms with Crippen molar-refractivity contribution in [3.8, 4) is 0 Å². The third kappa shape index (κ3) is 19.8. The van der Waals surface area contributed by atoms with Crippen LogP contribution in [0.3, 0.4) is 0 Å². The van der Waals surface area contributed by atoms with Crippen LogP contribution in [0.1, 0.15) is 90.4 Å². The van der Waals surface area contributed by atoms with Gasteiger partial charge in [-0.15, -0.1) is 12.4 Å². The molecule has 0 saturated carbocycles. The van der Waals surface area contributed by atoms with Crippen LogP contribution in [0.25, 0.3) is 0 Å². The Morgan fingerprint density at radius 2 is 1.32 bits per heavy atom. The highest BCUT2D eigenvalue weighted by atomic mass is 35.5.